The molecule has 0 aliphatic carbocycles. The van der Waals surface area contributed by atoms with Crippen molar-refractivity contribution in [2.24, 2.45) is 5.73 Å². The fraction of sp³-hybridized carbons (Fsp3) is 0.538. The Morgan fingerprint density at radius 3 is 2.19 bits per heavy atom. The van der Waals surface area contributed by atoms with Crippen LogP contribution in [0, 0.1) is 0 Å². The Bertz CT molecular complexity index is 284. The van der Waals surface area contributed by atoms with Crippen LogP contribution in [0.1, 0.15) is 11.5 Å². The van der Waals surface area contributed by atoms with E-state index < -0.39 is 0 Å². The lowest BCUT2D eigenvalue weighted by atomic mass is 9.98. The Labute approximate surface area is 98.8 Å². The third kappa shape index (κ3) is 4.31. The number of benzene rings is 1. The molecule has 0 amide bonds. The minimum absolute atomic E-state index is 0.518. The van der Waals surface area contributed by atoms with Crippen LogP contribution in [0.2, 0.25) is 0 Å². The SMILES string of the molecule is CN(C)CC(CN(C)CN)c1ccccc1. The number of hydrogen-bond donors (Lipinski definition) is 1. The summed E-state index contributed by atoms with van der Waals surface area (Å²) in [5, 5.41) is 0. The van der Waals surface area contributed by atoms with E-state index in [1.54, 1.807) is 0 Å². The second-order valence-electron chi connectivity index (χ2n) is 4.59. The zero-order valence-electron chi connectivity index (χ0n) is 10.6. The summed E-state index contributed by atoms with van der Waals surface area (Å²) in [5.41, 5.74) is 7.03. The number of likely N-dealkylation sites (N-methyl/N-ethyl adjacent to an activating group) is 2. The Morgan fingerprint density at radius 1 is 1.06 bits per heavy atom. The molecular weight excluding hydrogens is 198 g/mol. The molecule has 1 aromatic carbocycles. The van der Waals surface area contributed by atoms with E-state index in [1.165, 1.54) is 5.56 Å². The van der Waals surface area contributed by atoms with E-state index in [2.05, 4.69) is 61.3 Å². The average molecular weight is 221 g/mol. The summed E-state index contributed by atoms with van der Waals surface area (Å²) in [4.78, 5) is 4.38. The number of rotatable bonds is 6. The highest BCUT2D eigenvalue weighted by atomic mass is 15.2. The lowest BCUT2D eigenvalue weighted by Crippen LogP contribution is -2.34. The first-order chi connectivity index (χ1) is 7.63. The molecule has 2 N–H and O–H groups in total. The van der Waals surface area contributed by atoms with Crippen LogP contribution in [-0.4, -0.2) is 50.7 Å². The highest BCUT2D eigenvalue weighted by molar-refractivity contribution is 5.20. The fourth-order valence-corrected chi connectivity index (χ4v) is 1.89. The minimum Gasteiger partial charge on any atom is -0.318 e. The lowest BCUT2D eigenvalue weighted by Gasteiger charge is -2.25. The first kappa shape index (κ1) is 13.2. The van der Waals surface area contributed by atoms with Crippen molar-refractivity contribution in [2.75, 3.05) is 40.9 Å². The molecule has 0 fully saturated rings. The molecule has 0 saturated heterocycles. The van der Waals surface area contributed by atoms with E-state index >= 15 is 0 Å². The van der Waals surface area contributed by atoms with Gasteiger partial charge in [0.25, 0.3) is 0 Å². The zero-order chi connectivity index (χ0) is 12.0. The van der Waals surface area contributed by atoms with Crippen LogP contribution < -0.4 is 5.73 Å². The zero-order valence-corrected chi connectivity index (χ0v) is 10.6. The topological polar surface area (TPSA) is 32.5 Å². The highest BCUT2D eigenvalue weighted by Gasteiger charge is 2.14. The average Bonchev–Trinajstić information content (AvgIpc) is 2.28. The summed E-state index contributed by atoms with van der Waals surface area (Å²) in [5.74, 6) is 0.518. The van der Waals surface area contributed by atoms with E-state index in [1.807, 2.05) is 0 Å². The van der Waals surface area contributed by atoms with Crippen LogP contribution in [0.3, 0.4) is 0 Å². The molecule has 0 aromatic heterocycles. The molecule has 0 heterocycles. The number of hydrogen-bond acceptors (Lipinski definition) is 3. The summed E-state index contributed by atoms with van der Waals surface area (Å²) in [6.45, 7) is 2.66. The molecule has 3 heteroatoms. The second-order valence-corrected chi connectivity index (χ2v) is 4.59. The summed E-state index contributed by atoms with van der Waals surface area (Å²) in [7, 11) is 6.28. The molecule has 0 aliphatic rings. The van der Waals surface area contributed by atoms with Gasteiger partial charge in [-0.1, -0.05) is 30.3 Å². The maximum atomic E-state index is 5.64. The predicted octanol–water partition coefficient (Wildman–Crippen LogP) is 1.18. The molecule has 1 rings (SSSR count). The number of nitrogens with zero attached hydrogens (tertiary/aromatic N) is 2. The van der Waals surface area contributed by atoms with Crippen LogP contribution >= 0.6 is 0 Å². The van der Waals surface area contributed by atoms with Crippen LogP contribution in [0.4, 0.5) is 0 Å². The van der Waals surface area contributed by atoms with Crippen molar-refractivity contribution in [1.29, 1.82) is 0 Å². The van der Waals surface area contributed by atoms with Gasteiger partial charge in [-0.15, -0.1) is 0 Å². The molecule has 90 valence electrons. The van der Waals surface area contributed by atoms with E-state index in [-0.39, 0.29) is 0 Å². The van der Waals surface area contributed by atoms with Gasteiger partial charge in [0, 0.05) is 25.7 Å². The largest absolute Gasteiger partial charge is 0.318 e. The minimum atomic E-state index is 0.518. The quantitative estimate of drug-likeness (QED) is 0.732. The van der Waals surface area contributed by atoms with Crippen molar-refractivity contribution in [3.05, 3.63) is 35.9 Å². The lowest BCUT2D eigenvalue weighted by molar-refractivity contribution is 0.279. The van der Waals surface area contributed by atoms with Gasteiger partial charge in [0.05, 0.1) is 0 Å². The van der Waals surface area contributed by atoms with Crippen molar-refractivity contribution >= 4 is 0 Å². The molecule has 0 spiro atoms. The van der Waals surface area contributed by atoms with E-state index in [9.17, 15) is 0 Å². The molecule has 3 nitrogen and oxygen atoms in total. The molecule has 1 aromatic rings. The van der Waals surface area contributed by atoms with Gasteiger partial charge < -0.3 is 10.6 Å². The molecule has 1 unspecified atom stereocenters. The fourth-order valence-electron chi connectivity index (χ4n) is 1.89. The Morgan fingerprint density at radius 2 is 1.69 bits per heavy atom. The van der Waals surface area contributed by atoms with Crippen LogP contribution in [0.5, 0.6) is 0 Å². The molecule has 16 heavy (non-hydrogen) atoms. The maximum absolute atomic E-state index is 5.64. The van der Waals surface area contributed by atoms with Crippen LogP contribution in [-0.2, 0) is 0 Å². The summed E-state index contributed by atoms with van der Waals surface area (Å²) in [6, 6.07) is 10.6. The van der Waals surface area contributed by atoms with Crippen LogP contribution in [0.25, 0.3) is 0 Å². The normalized spacial score (nSPS) is 13.4. The van der Waals surface area contributed by atoms with Gasteiger partial charge >= 0.3 is 0 Å². The van der Waals surface area contributed by atoms with Gasteiger partial charge in [0.1, 0.15) is 0 Å². The van der Waals surface area contributed by atoms with Crippen molar-refractivity contribution < 1.29 is 0 Å². The summed E-state index contributed by atoms with van der Waals surface area (Å²) >= 11 is 0. The van der Waals surface area contributed by atoms with Gasteiger partial charge in [0.15, 0.2) is 0 Å². The van der Waals surface area contributed by atoms with Gasteiger partial charge in [-0.2, -0.15) is 0 Å². The van der Waals surface area contributed by atoms with E-state index in [0.29, 0.717) is 12.6 Å². The Hall–Kier alpha value is -0.900. The van der Waals surface area contributed by atoms with Gasteiger partial charge in [-0.25, -0.2) is 0 Å². The Kier molecular flexibility index (Phi) is 5.46. The van der Waals surface area contributed by atoms with Crippen molar-refractivity contribution in [3.8, 4) is 0 Å². The second kappa shape index (κ2) is 6.63. The molecule has 0 bridgehead atoms. The first-order valence-electron chi connectivity index (χ1n) is 5.71. The third-order valence-electron chi connectivity index (χ3n) is 2.70. The molecule has 0 aliphatic heterocycles. The molecular formula is C13H23N3. The molecule has 0 saturated carbocycles. The number of nitrogens with two attached hydrogens (primary N) is 1. The van der Waals surface area contributed by atoms with Gasteiger partial charge in [0.2, 0.25) is 0 Å². The van der Waals surface area contributed by atoms with Crippen molar-refractivity contribution in [2.45, 2.75) is 5.92 Å². The van der Waals surface area contributed by atoms with E-state index in [0.717, 1.165) is 13.1 Å². The standard InChI is InChI=1S/C13H23N3/c1-15(2)9-13(10-16(3)11-14)12-7-5-4-6-8-12/h4-8,13H,9-11,14H2,1-3H3. The monoisotopic (exact) mass is 221 g/mol. The summed E-state index contributed by atoms with van der Waals surface area (Å²) in [6.07, 6.45) is 0. The van der Waals surface area contributed by atoms with Crippen molar-refractivity contribution in [1.82, 2.24) is 9.80 Å². The van der Waals surface area contributed by atoms with Crippen LogP contribution in [0.15, 0.2) is 30.3 Å². The highest BCUT2D eigenvalue weighted by Crippen LogP contribution is 2.16. The summed E-state index contributed by atoms with van der Waals surface area (Å²) < 4.78 is 0. The first-order valence-corrected chi connectivity index (χ1v) is 5.71. The van der Waals surface area contributed by atoms with Gasteiger partial charge in [-0.3, -0.25) is 4.90 Å². The Balaban J connectivity index is 2.71. The predicted molar refractivity (Wildman–Crippen MR) is 69.4 cm³/mol. The molecule has 0 radical (unpaired) electrons. The maximum Gasteiger partial charge on any atom is 0.0452 e. The van der Waals surface area contributed by atoms with Crippen molar-refractivity contribution in [3.63, 3.8) is 0 Å². The molecule has 1 atom stereocenters. The van der Waals surface area contributed by atoms with E-state index in [4.69, 9.17) is 5.73 Å². The third-order valence-corrected chi connectivity index (χ3v) is 2.70. The van der Waals surface area contributed by atoms with Gasteiger partial charge in [-0.05, 0) is 26.7 Å². The smallest absolute Gasteiger partial charge is 0.0452 e.